The molecule has 1 N–H and O–H groups in total. The molecule has 1 aliphatic carbocycles. The van der Waals surface area contributed by atoms with Crippen LogP contribution in [-0.2, 0) is 11.3 Å². The SMILES string of the molecule is CCOc1ccc(Br)cc1CN(C(=O)[C@H]1CCN[C@@H](C)C1)C1CC1. The lowest BCUT2D eigenvalue weighted by Gasteiger charge is -2.32. The predicted octanol–water partition coefficient (Wildman–Crippen LogP) is 3.73. The number of hydrogen-bond donors (Lipinski definition) is 1. The van der Waals surface area contributed by atoms with Gasteiger partial charge in [-0.15, -0.1) is 0 Å². The Morgan fingerprint density at radius 1 is 1.38 bits per heavy atom. The molecule has 1 aromatic rings. The van der Waals surface area contributed by atoms with Gasteiger partial charge in [0.2, 0.25) is 5.91 Å². The van der Waals surface area contributed by atoms with Crippen LogP contribution in [-0.4, -0.2) is 36.0 Å². The Kier molecular flexibility index (Phi) is 5.82. The van der Waals surface area contributed by atoms with Crippen LogP contribution in [0.3, 0.4) is 0 Å². The van der Waals surface area contributed by atoms with Crippen molar-refractivity contribution in [1.29, 1.82) is 0 Å². The van der Waals surface area contributed by atoms with Crippen molar-refractivity contribution in [3.05, 3.63) is 28.2 Å². The van der Waals surface area contributed by atoms with Crippen molar-refractivity contribution >= 4 is 21.8 Å². The molecular weight excluding hydrogens is 368 g/mol. The molecular formula is C19H27BrN2O2. The molecule has 1 amide bonds. The highest BCUT2D eigenvalue weighted by molar-refractivity contribution is 9.10. The largest absolute Gasteiger partial charge is 0.494 e. The third-order valence-corrected chi connectivity index (χ3v) is 5.40. The minimum atomic E-state index is 0.157. The van der Waals surface area contributed by atoms with Gasteiger partial charge in [0.25, 0.3) is 0 Å². The zero-order valence-corrected chi connectivity index (χ0v) is 16.1. The van der Waals surface area contributed by atoms with Crippen molar-refractivity contribution < 1.29 is 9.53 Å². The summed E-state index contributed by atoms with van der Waals surface area (Å²) in [5.74, 6) is 1.37. The average Bonchev–Trinajstić information content (AvgIpc) is 3.39. The van der Waals surface area contributed by atoms with Crippen molar-refractivity contribution in [2.45, 2.75) is 58.2 Å². The van der Waals surface area contributed by atoms with Crippen LogP contribution in [0.1, 0.15) is 45.1 Å². The first-order valence-corrected chi connectivity index (χ1v) is 9.83. The van der Waals surface area contributed by atoms with Crippen LogP contribution >= 0.6 is 15.9 Å². The van der Waals surface area contributed by atoms with E-state index in [1.165, 1.54) is 0 Å². The van der Waals surface area contributed by atoms with Crippen molar-refractivity contribution in [3.63, 3.8) is 0 Å². The normalized spacial score (nSPS) is 23.8. The van der Waals surface area contributed by atoms with Gasteiger partial charge in [-0.2, -0.15) is 0 Å². The molecule has 2 atom stereocenters. The van der Waals surface area contributed by atoms with Gasteiger partial charge in [-0.3, -0.25) is 4.79 Å². The quantitative estimate of drug-likeness (QED) is 0.798. The summed E-state index contributed by atoms with van der Waals surface area (Å²) in [6.07, 6.45) is 4.15. The molecule has 1 saturated carbocycles. The summed E-state index contributed by atoms with van der Waals surface area (Å²) in [6, 6.07) is 6.91. The maximum absolute atomic E-state index is 13.1. The molecule has 1 aliphatic heterocycles. The first-order valence-electron chi connectivity index (χ1n) is 9.03. The number of ether oxygens (including phenoxy) is 1. The van der Waals surface area contributed by atoms with Gasteiger partial charge in [0.1, 0.15) is 5.75 Å². The molecule has 2 fully saturated rings. The average molecular weight is 395 g/mol. The van der Waals surface area contributed by atoms with Gasteiger partial charge >= 0.3 is 0 Å². The van der Waals surface area contributed by atoms with Crippen LogP contribution in [0, 0.1) is 5.92 Å². The summed E-state index contributed by atoms with van der Waals surface area (Å²) in [7, 11) is 0. The molecule has 0 spiro atoms. The molecule has 1 saturated heterocycles. The molecule has 132 valence electrons. The summed E-state index contributed by atoms with van der Waals surface area (Å²) in [6.45, 7) is 6.39. The molecule has 0 unspecified atom stereocenters. The molecule has 5 heteroatoms. The number of benzene rings is 1. The van der Waals surface area contributed by atoms with E-state index in [1.54, 1.807) is 0 Å². The minimum Gasteiger partial charge on any atom is -0.494 e. The number of hydrogen-bond acceptors (Lipinski definition) is 3. The number of amides is 1. The summed E-state index contributed by atoms with van der Waals surface area (Å²) >= 11 is 3.54. The van der Waals surface area contributed by atoms with E-state index < -0.39 is 0 Å². The lowest BCUT2D eigenvalue weighted by atomic mass is 9.91. The van der Waals surface area contributed by atoms with Gasteiger partial charge < -0.3 is 15.0 Å². The van der Waals surface area contributed by atoms with E-state index in [9.17, 15) is 4.79 Å². The fraction of sp³-hybridized carbons (Fsp3) is 0.632. The first-order chi connectivity index (χ1) is 11.6. The maximum atomic E-state index is 13.1. The van der Waals surface area contributed by atoms with Crippen LogP contribution in [0.4, 0.5) is 0 Å². The second kappa shape index (κ2) is 7.87. The molecule has 1 aromatic carbocycles. The van der Waals surface area contributed by atoms with E-state index in [-0.39, 0.29) is 5.92 Å². The van der Waals surface area contributed by atoms with Crippen molar-refractivity contribution in [1.82, 2.24) is 10.2 Å². The number of rotatable bonds is 6. The van der Waals surface area contributed by atoms with E-state index in [0.717, 1.165) is 48.0 Å². The summed E-state index contributed by atoms with van der Waals surface area (Å²) < 4.78 is 6.79. The van der Waals surface area contributed by atoms with Crippen LogP contribution in [0.15, 0.2) is 22.7 Å². The Morgan fingerprint density at radius 2 is 2.17 bits per heavy atom. The Morgan fingerprint density at radius 3 is 2.83 bits per heavy atom. The highest BCUT2D eigenvalue weighted by atomic mass is 79.9. The van der Waals surface area contributed by atoms with Gasteiger partial charge in [-0.1, -0.05) is 15.9 Å². The minimum absolute atomic E-state index is 0.157. The van der Waals surface area contributed by atoms with Gasteiger partial charge in [0, 0.05) is 34.6 Å². The van der Waals surface area contributed by atoms with Gasteiger partial charge in [0.05, 0.1) is 6.61 Å². The molecule has 0 bridgehead atoms. The molecule has 0 aromatic heterocycles. The summed E-state index contributed by atoms with van der Waals surface area (Å²) in [5, 5.41) is 3.44. The number of carbonyl (C=O) groups excluding carboxylic acids is 1. The third kappa shape index (κ3) is 4.31. The Labute approximate surface area is 153 Å². The molecule has 24 heavy (non-hydrogen) atoms. The lowest BCUT2D eigenvalue weighted by Crippen LogP contribution is -2.44. The number of halogens is 1. The van der Waals surface area contributed by atoms with E-state index in [4.69, 9.17) is 4.74 Å². The van der Waals surface area contributed by atoms with E-state index >= 15 is 0 Å². The highest BCUT2D eigenvalue weighted by Crippen LogP contribution is 2.34. The maximum Gasteiger partial charge on any atom is 0.226 e. The van der Waals surface area contributed by atoms with Crippen molar-refractivity contribution in [3.8, 4) is 5.75 Å². The Hall–Kier alpha value is -1.07. The Balaban J connectivity index is 1.77. The van der Waals surface area contributed by atoms with Crippen LogP contribution < -0.4 is 10.1 Å². The third-order valence-electron chi connectivity index (χ3n) is 4.91. The predicted molar refractivity (Wildman–Crippen MR) is 99.1 cm³/mol. The molecule has 2 aliphatic rings. The standard InChI is InChI=1S/C19H27BrN2O2/c1-3-24-18-7-4-16(20)11-15(18)12-22(17-5-6-17)19(23)14-8-9-21-13(2)10-14/h4,7,11,13-14,17,21H,3,5-6,8-10,12H2,1-2H3/t13-,14-/m0/s1. The van der Waals surface area contributed by atoms with E-state index in [0.29, 0.717) is 31.1 Å². The van der Waals surface area contributed by atoms with Gasteiger partial charge in [0.15, 0.2) is 0 Å². The zero-order valence-electron chi connectivity index (χ0n) is 14.6. The van der Waals surface area contributed by atoms with Crippen LogP contribution in [0.25, 0.3) is 0 Å². The fourth-order valence-corrected chi connectivity index (χ4v) is 3.92. The molecule has 0 radical (unpaired) electrons. The van der Waals surface area contributed by atoms with Crippen molar-refractivity contribution in [2.75, 3.05) is 13.2 Å². The van der Waals surface area contributed by atoms with Gasteiger partial charge in [-0.25, -0.2) is 0 Å². The fourth-order valence-electron chi connectivity index (χ4n) is 3.52. The monoisotopic (exact) mass is 394 g/mol. The number of carbonyl (C=O) groups is 1. The smallest absolute Gasteiger partial charge is 0.226 e. The van der Waals surface area contributed by atoms with Crippen LogP contribution in [0.5, 0.6) is 5.75 Å². The second-order valence-electron chi connectivity index (χ2n) is 6.96. The Bertz CT molecular complexity index is 589. The lowest BCUT2D eigenvalue weighted by molar-refractivity contribution is -0.138. The highest BCUT2D eigenvalue weighted by Gasteiger charge is 2.37. The number of piperidine rings is 1. The topological polar surface area (TPSA) is 41.6 Å². The zero-order chi connectivity index (χ0) is 17.1. The molecule has 3 rings (SSSR count). The van der Waals surface area contributed by atoms with Gasteiger partial charge in [-0.05, 0) is 64.3 Å². The molecule has 4 nitrogen and oxygen atoms in total. The van der Waals surface area contributed by atoms with Crippen molar-refractivity contribution in [2.24, 2.45) is 5.92 Å². The number of nitrogens with one attached hydrogen (secondary N) is 1. The van der Waals surface area contributed by atoms with E-state index in [1.807, 2.05) is 19.1 Å². The number of nitrogens with zero attached hydrogens (tertiary/aromatic N) is 1. The summed E-state index contributed by atoms with van der Waals surface area (Å²) in [5.41, 5.74) is 1.09. The molecule has 1 heterocycles. The second-order valence-corrected chi connectivity index (χ2v) is 7.87. The summed E-state index contributed by atoms with van der Waals surface area (Å²) in [4.78, 5) is 15.2. The van der Waals surface area contributed by atoms with Crippen LogP contribution in [0.2, 0.25) is 0 Å². The van der Waals surface area contributed by atoms with E-state index in [2.05, 4.69) is 39.1 Å². The first kappa shape index (κ1) is 17.7.